The van der Waals surface area contributed by atoms with Gasteiger partial charge in [-0.15, -0.1) is 0 Å². The first-order chi connectivity index (χ1) is 9.16. The van der Waals surface area contributed by atoms with Crippen LogP contribution in [0.1, 0.15) is 45.3 Å². The average molecular weight is 252 g/mol. The molecule has 1 fully saturated rings. The van der Waals surface area contributed by atoms with Gasteiger partial charge in [-0.05, 0) is 47.9 Å². The van der Waals surface area contributed by atoms with Crippen LogP contribution in [0.4, 0.5) is 0 Å². The second kappa shape index (κ2) is 4.54. The molecule has 0 heterocycles. The lowest BCUT2D eigenvalue weighted by atomic mass is 10.00. The summed E-state index contributed by atoms with van der Waals surface area (Å²) in [5, 5.41) is 9.04. The van der Waals surface area contributed by atoms with Crippen LogP contribution in [0, 0.1) is 6.92 Å². The Labute approximate surface area is 112 Å². The van der Waals surface area contributed by atoms with Crippen molar-refractivity contribution in [3.63, 3.8) is 0 Å². The van der Waals surface area contributed by atoms with E-state index in [1.54, 1.807) is 6.07 Å². The molecule has 1 aliphatic carbocycles. The van der Waals surface area contributed by atoms with Crippen molar-refractivity contribution in [2.24, 2.45) is 0 Å². The minimum absolute atomic E-state index is 0.403. The van der Waals surface area contributed by atoms with E-state index < -0.39 is 5.97 Å². The summed E-state index contributed by atoms with van der Waals surface area (Å²) in [6, 6.07) is 16.2. The minimum Gasteiger partial charge on any atom is -0.478 e. The molecule has 2 unspecified atom stereocenters. The van der Waals surface area contributed by atoms with Crippen LogP contribution in [0.5, 0.6) is 0 Å². The molecule has 2 atom stereocenters. The third kappa shape index (κ3) is 2.26. The van der Waals surface area contributed by atoms with Crippen molar-refractivity contribution >= 4 is 5.97 Å². The van der Waals surface area contributed by atoms with Crippen LogP contribution in [0.25, 0.3) is 0 Å². The maximum atomic E-state index is 11.0. The van der Waals surface area contributed by atoms with E-state index in [-0.39, 0.29) is 0 Å². The van der Waals surface area contributed by atoms with Gasteiger partial charge in [0.05, 0.1) is 5.56 Å². The lowest BCUT2D eigenvalue weighted by Gasteiger charge is -2.05. The lowest BCUT2D eigenvalue weighted by molar-refractivity contribution is 0.0696. The van der Waals surface area contributed by atoms with E-state index in [0.29, 0.717) is 17.4 Å². The van der Waals surface area contributed by atoms with Gasteiger partial charge >= 0.3 is 5.97 Å². The van der Waals surface area contributed by atoms with Crippen molar-refractivity contribution < 1.29 is 9.90 Å². The molecule has 1 N–H and O–H groups in total. The molecule has 0 aliphatic heterocycles. The average Bonchev–Trinajstić information content (AvgIpc) is 3.19. The summed E-state index contributed by atoms with van der Waals surface area (Å²) in [5.74, 6) is 0.291. The zero-order chi connectivity index (χ0) is 13.4. The van der Waals surface area contributed by atoms with Gasteiger partial charge < -0.3 is 5.11 Å². The van der Waals surface area contributed by atoms with Crippen LogP contribution in [0.3, 0.4) is 0 Å². The molecule has 0 amide bonds. The number of rotatable bonds is 3. The van der Waals surface area contributed by atoms with Crippen LogP contribution in [-0.2, 0) is 0 Å². The Bertz CT molecular complexity index is 616. The summed E-state index contributed by atoms with van der Waals surface area (Å²) >= 11 is 0. The Kier molecular flexibility index (Phi) is 2.86. The highest BCUT2D eigenvalue weighted by Crippen LogP contribution is 2.54. The Morgan fingerprint density at radius 3 is 2.37 bits per heavy atom. The molecule has 3 rings (SSSR count). The second-order valence-electron chi connectivity index (χ2n) is 5.24. The fraction of sp³-hybridized carbons (Fsp3) is 0.235. The minimum atomic E-state index is -0.848. The predicted molar refractivity (Wildman–Crippen MR) is 74.7 cm³/mol. The van der Waals surface area contributed by atoms with Gasteiger partial charge in [0.15, 0.2) is 0 Å². The van der Waals surface area contributed by atoms with Crippen LogP contribution in [-0.4, -0.2) is 11.1 Å². The maximum Gasteiger partial charge on any atom is 0.335 e. The molecule has 0 spiro atoms. The van der Waals surface area contributed by atoms with Gasteiger partial charge in [0.2, 0.25) is 0 Å². The van der Waals surface area contributed by atoms with Gasteiger partial charge in [-0.25, -0.2) is 4.79 Å². The zero-order valence-electron chi connectivity index (χ0n) is 10.8. The molecule has 2 heteroatoms. The van der Waals surface area contributed by atoms with Crippen molar-refractivity contribution in [3.05, 3.63) is 70.8 Å². The number of hydrogen-bond donors (Lipinski definition) is 1. The van der Waals surface area contributed by atoms with Gasteiger partial charge in [-0.2, -0.15) is 0 Å². The molecule has 96 valence electrons. The largest absolute Gasteiger partial charge is 0.478 e. The molecule has 2 aromatic carbocycles. The molecule has 2 aromatic rings. The third-order valence-electron chi connectivity index (χ3n) is 3.93. The van der Waals surface area contributed by atoms with Crippen molar-refractivity contribution in [2.45, 2.75) is 25.2 Å². The van der Waals surface area contributed by atoms with E-state index in [2.05, 4.69) is 24.3 Å². The van der Waals surface area contributed by atoms with E-state index in [9.17, 15) is 4.79 Å². The zero-order valence-corrected chi connectivity index (χ0v) is 10.8. The second-order valence-corrected chi connectivity index (χ2v) is 5.24. The molecule has 0 saturated heterocycles. The normalized spacial score (nSPS) is 21.1. The Balaban J connectivity index is 1.82. The number of carboxylic acids is 1. The van der Waals surface area contributed by atoms with E-state index in [1.807, 2.05) is 25.1 Å². The SMILES string of the molecule is Cc1cc(C2CC2c2ccccc2)ccc1C(=O)O. The standard InChI is InChI=1S/C17H16O2/c1-11-9-13(7-8-14(11)17(18)19)16-10-15(16)12-5-3-2-4-6-12/h2-9,15-16H,10H2,1H3,(H,18,19). The first-order valence-corrected chi connectivity index (χ1v) is 6.55. The van der Waals surface area contributed by atoms with Crippen molar-refractivity contribution in [2.75, 3.05) is 0 Å². The summed E-state index contributed by atoms with van der Waals surface area (Å²) in [7, 11) is 0. The molecule has 0 aromatic heterocycles. The van der Waals surface area contributed by atoms with Gasteiger partial charge in [-0.1, -0.05) is 42.5 Å². The van der Waals surface area contributed by atoms with Crippen LogP contribution in [0.2, 0.25) is 0 Å². The molecular weight excluding hydrogens is 236 g/mol. The number of benzene rings is 2. The Morgan fingerprint density at radius 2 is 1.74 bits per heavy atom. The summed E-state index contributed by atoms with van der Waals surface area (Å²) in [5.41, 5.74) is 3.90. The van der Waals surface area contributed by atoms with Gasteiger partial charge in [0.25, 0.3) is 0 Å². The molecule has 0 radical (unpaired) electrons. The first-order valence-electron chi connectivity index (χ1n) is 6.55. The van der Waals surface area contributed by atoms with Crippen molar-refractivity contribution in [3.8, 4) is 0 Å². The predicted octanol–water partition coefficient (Wildman–Crippen LogP) is 3.96. The topological polar surface area (TPSA) is 37.3 Å². The highest BCUT2D eigenvalue weighted by molar-refractivity contribution is 5.89. The monoisotopic (exact) mass is 252 g/mol. The van der Waals surface area contributed by atoms with Crippen LogP contribution >= 0.6 is 0 Å². The van der Waals surface area contributed by atoms with Crippen LogP contribution in [0.15, 0.2) is 48.5 Å². The number of aryl methyl sites for hydroxylation is 1. The van der Waals surface area contributed by atoms with Crippen LogP contribution < -0.4 is 0 Å². The number of carboxylic acid groups (broad SMARTS) is 1. The summed E-state index contributed by atoms with van der Waals surface area (Å²) in [4.78, 5) is 11.0. The molecule has 1 saturated carbocycles. The van der Waals surface area contributed by atoms with Gasteiger partial charge in [-0.3, -0.25) is 0 Å². The number of hydrogen-bond acceptors (Lipinski definition) is 1. The quantitative estimate of drug-likeness (QED) is 0.897. The Morgan fingerprint density at radius 1 is 1.05 bits per heavy atom. The highest BCUT2D eigenvalue weighted by Gasteiger charge is 2.39. The van der Waals surface area contributed by atoms with E-state index in [0.717, 1.165) is 12.0 Å². The molecule has 2 nitrogen and oxygen atoms in total. The highest BCUT2D eigenvalue weighted by atomic mass is 16.4. The summed E-state index contributed by atoms with van der Waals surface area (Å²) in [6.07, 6.45) is 1.16. The number of carbonyl (C=O) groups is 1. The molecule has 0 bridgehead atoms. The van der Waals surface area contributed by atoms with Gasteiger partial charge in [0.1, 0.15) is 0 Å². The maximum absolute atomic E-state index is 11.0. The van der Waals surface area contributed by atoms with Crippen molar-refractivity contribution in [1.29, 1.82) is 0 Å². The number of aromatic carboxylic acids is 1. The summed E-state index contributed by atoms with van der Waals surface area (Å²) < 4.78 is 0. The Hall–Kier alpha value is -2.09. The van der Waals surface area contributed by atoms with Crippen molar-refractivity contribution in [1.82, 2.24) is 0 Å². The third-order valence-corrected chi connectivity index (χ3v) is 3.93. The first kappa shape index (κ1) is 12.0. The molecule has 1 aliphatic rings. The summed E-state index contributed by atoms with van der Waals surface area (Å²) in [6.45, 7) is 1.87. The fourth-order valence-corrected chi connectivity index (χ4v) is 2.79. The fourth-order valence-electron chi connectivity index (χ4n) is 2.79. The smallest absolute Gasteiger partial charge is 0.335 e. The lowest BCUT2D eigenvalue weighted by Crippen LogP contribution is -2.00. The van der Waals surface area contributed by atoms with E-state index in [1.165, 1.54) is 11.1 Å². The van der Waals surface area contributed by atoms with Gasteiger partial charge in [0, 0.05) is 0 Å². The molecule has 19 heavy (non-hydrogen) atoms. The molecular formula is C17H16O2. The van der Waals surface area contributed by atoms with E-state index in [4.69, 9.17) is 5.11 Å². The van der Waals surface area contributed by atoms with E-state index >= 15 is 0 Å².